The van der Waals surface area contributed by atoms with Gasteiger partial charge in [-0.2, -0.15) is 0 Å². The molecule has 5 nitrogen and oxygen atoms in total. The van der Waals surface area contributed by atoms with E-state index in [0.717, 1.165) is 11.1 Å². The number of esters is 1. The molecule has 0 bridgehead atoms. The zero-order valence-corrected chi connectivity index (χ0v) is 18.5. The van der Waals surface area contributed by atoms with Crippen LogP contribution in [0.5, 0.6) is 0 Å². The van der Waals surface area contributed by atoms with Gasteiger partial charge in [-0.3, -0.25) is 14.5 Å². The van der Waals surface area contributed by atoms with Gasteiger partial charge in [0.2, 0.25) is 0 Å². The quantitative estimate of drug-likeness (QED) is 0.558. The predicted octanol–water partition coefficient (Wildman–Crippen LogP) is 4.00. The van der Waals surface area contributed by atoms with E-state index in [-0.39, 0.29) is 23.8 Å². The normalized spacial score (nSPS) is 18.3. The van der Waals surface area contributed by atoms with Gasteiger partial charge in [0, 0.05) is 30.6 Å². The second-order valence-electron chi connectivity index (χ2n) is 8.28. The Morgan fingerprint density at radius 3 is 2.09 bits per heavy atom. The lowest BCUT2D eigenvalue weighted by atomic mass is 9.90. The Hall–Kier alpha value is -3.51. The summed E-state index contributed by atoms with van der Waals surface area (Å²) in [5.41, 5.74) is 2.70. The molecule has 1 N–H and O–H groups in total. The summed E-state index contributed by atoms with van der Waals surface area (Å²) in [7, 11) is 1.39. The number of carbonyl (C=O) groups excluding carboxylic acids is 2. The monoisotopic (exact) mass is 446 g/mol. The second kappa shape index (κ2) is 10.4. The molecule has 33 heavy (non-hydrogen) atoms. The Kier molecular flexibility index (Phi) is 7.15. The van der Waals surface area contributed by atoms with Gasteiger partial charge in [-0.1, -0.05) is 60.7 Å². The number of nitrogens with one attached hydrogen (secondary N) is 1. The van der Waals surface area contributed by atoms with E-state index in [1.54, 1.807) is 0 Å². The number of ether oxygens (including phenoxy) is 1. The number of methoxy groups -OCH3 is 1. The third-order valence-electron chi connectivity index (χ3n) is 6.14. The molecule has 2 atom stereocenters. The Balaban J connectivity index is 1.54. The fourth-order valence-corrected chi connectivity index (χ4v) is 4.47. The van der Waals surface area contributed by atoms with E-state index >= 15 is 0 Å². The highest BCUT2D eigenvalue weighted by Crippen LogP contribution is 2.29. The Labute approximate surface area is 193 Å². The molecule has 0 aliphatic carbocycles. The van der Waals surface area contributed by atoms with Crippen molar-refractivity contribution < 1.29 is 18.7 Å². The van der Waals surface area contributed by atoms with Crippen molar-refractivity contribution in [3.8, 4) is 0 Å². The number of likely N-dealkylation sites (tertiary alicyclic amines) is 1. The lowest BCUT2D eigenvalue weighted by Crippen LogP contribution is -2.40. The molecule has 4 rings (SSSR count). The van der Waals surface area contributed by atoms with Crippen LogP contribution < -0.4 is 5.32 Å². The van der Waals surface area contributed by atoms with E-state index in [1.807, 2.05) is 36.4 Å². The van der Waals surface area contributed by atoms with E-state index in [1.165, 1.54) is 31.4 Å². The molecule has 170 valence electrons. The summed E-state index contributed by atoms with van der Waals surface area (Å²) < 4.78 is 18.3. The zero-order chi connectivity index (χ0) is 23.2. The van der Waals surface area contributed by atoms with Gasteiger partial charge in [0.05, 0.1) is 7.11 Å². The average Bonchev–Trinajstić information content (AvgIpc) is 3.25. The van der Waals surface area contributed by atoms with E-state index in [2.05, 4.69) is 34.5 Å². The van der Waals surface area contributed by atoms with Gasteiger partial charge >= 0.3 is 5.97 Å². The molecule has 1 aliphatic heterocycles. The molecule has 1 heterocycles. The van der Waals surface area contributed by atoms with Crippen LogP contribution in [0.3, 0.4) is 0 Å². The van der Waals surface area contributed by atoms with Crippen LogP contribution in [0.2, 0.25) is 0 Å². The first kappa shape index (κ1) is 22.7. The minimum absolute atomic E-state index is 0.0612. The van der Waals surface area contributed by atoms with Crippen molar-refractivity contribution in [2.45, 2.75) is 24.4 Å². The topological polar surface area (TPSA) is 58.6 Å². The SMILES string of the molecule is COC(=O)[C@@H]1C[C@@H](NC(=O)c2ccc(F)cc2)CN1CC(c1ccccc1)c1ccccc1. The van der Waals surface area contributed by atoms with E-state index < -0.39 is 11.9 Å². The van der Waals surface area contributed by atoms with Crippen LogP contribution in [0, 0.1) is 5.82 Å². The van der Waals surface area contributed by atoms with Gasteiger partial charge in [0.25, 0.3) is 5.91 Å². The van der Waals surface area contributed by atoms with Crippen LogP contribution in [0.25, 0.3) is 0 Å². The minimum atomic E-state index is -0.455. The van der Waals surface area contributed by atoms with Crippen LogP contribution >= 0.6 is 0 Å². The molecule has 6 heteroatoms. The number of carbonyl (C=O) groups is 2. The Morgan fingerprint density at radius 2 is 1.55 bits per heavy atom. The number of rotatable bonds is 7. The van der Waals surface area contributed by atoms with Crippen LogP contribution in [0.15, 0.2) is 84.9 Å². The van der Waals surface area contributed by atoms with Crippen molar-refractivity contribution in [2.75, 3.05) is 20.2 Å². The standard InChI is InChI=1S/C27H27FN2O3/c1-33-27(32)25-16-23(29-26(31)21-12-14-22(28)15-13-21)17-30(25)18-24(19-8-4-2-5-9-19)20-10-6-3-7-11-20/h2-15,23-25H,16-18H2,1H3,(H,29,31)/t23-,25+/m1/s1. The molecular formula is C27H27FN2O3. The first-order chi connectivity index (χ1) is 16.0. The first-order valence-electron chi connectivity index (χ1n) is 11.0. The molecule has 1 fully saturated rings. The smallest absolute Gasteiger partial charge is 0.323 e. The van der Waals surface area contributed by atoms with Crippen molar-refractivity contribution in [1.82, 2.24) is 10.2 Å². The highest BCUT2D eigenvalue weighted by atomic mass is 19.1. The maximum atomic E-state index is 13.2. The van der Waals surface area contributed by atoms with Crippen LogP contribution in [0.4, 0.5) is 4.39 Å². The fraction of sp³-hybridized carbons (Fsp3) is 0.259. The number of nitrogens with zero attached hydrogens (tertiary/aromatic N) is 1. The molecule has 1 aliphatic rings. The maximum absolute atomic E-state index is 13.2. The molecule has 1 amide bonds. The summed E-state index contributed by atoms with van der Waals surface area (Å²) in [6.07, 6.45) is 0.454. The largest absolute Gasteiger partial charge is 0.468 e. The molecule has 0 radical (unpaired) electrons. The third kappa shape index (κ3) is 5.46. The highest BCUT2D eigenvalue weighted by molar-refractivity contribution is 5.94. The Morgan fingerprint density at radius 1 is 0.970 bits per heavy atom. The van der Waals surface area contributed by atoms with Crippen molar-refractivity contribution in [3.05, 3.63) is 107 Å². The summed E-state index contributed by atoms with van der Waals surface area (Å²) in [6.45, 7) is 1.12. The van der Waals surface area contributed by atoms with Gasteiger partial charge in [-0.15, -0.1) is 0 Å². The van der Waals surface area contributed by atoms with Gasteiger partial charge in [-0.05, 0) is 41.8 Å². The van der Waals surface area contributed by atoms with Crippen molar-refractivity contribution in [2.24, 2.45) is 0 Å². The summed E-state index contributed by atoms with van der Waals surface area (Å²) in [4.78, 5) is 27.4. The summed E-state index contributed by atoms with van der Waals surface area (Å²) in [6, 6.07) is 25.1. The predicted molar refractivity (Wildman–Crippen MR) is 124 cm³/mol. The third-order valence-corrected chi connectivity index (χ3v) is 6.14. The first-order valence-corrected chi connectivity index (χ1v) is 11.0. The molecular weight excluding hydrogens is 419 g/mol. The van der Waals surface area contributed by atoms with Crippen molar-refractivity contribution >= 4 is 11.9 Å². The molecule has 0 spiro atoms. The van der Waals surface area contributed by atoms with E-state index in [9.17, 15) is 14.0 Å². The number of halogens is 1. The highest BCUT2D eigenvalue weighted by Gasteiger charge is 2.39. The van der Waals surface area contributed by atoms with Crippen LogP contribution in [0.1, 0.15) is 33.8 Å². The Bertz CT molecular complexity index is 1030. The van der Waals surface area contributed by atoms with Gasteiger partial charge in [0.15, 0.2) is 0 Å². The lowest BCUT2D eigenvalue weighted by molar-refractivity contribution is -0.145. The molecule has 1 saturated heterocycles. The molecule has 0 saturated carbocycles. The van der Waals surface area contributed by atoms with E-state index in [0.29, 0.717) is 25.1 Å². The van der Waals surface area contributed by atoms with Gasteiger partial charge in [0.1, 0.15) is 11.9 Å². The summed E-state index contributed by atoms with van der Waals surface area (Å²) in [5, 5.41) is 3.00. The summed E-state index contributed by atoms with van der Waals surface area (Å²) in [5.74, 6) is -0.926. The molecule has 0 aromatic heterocycles. The molecule has 0 unspecified atom stereocenters. The lowest BCUT2D eigenvalue weighted by Gasteiger charge is -2.28. The molecule has 3 aromatic rings. The van der Waals surface area contributed by atoms with E-state index in [4.69, 9.17) is 4.74 Å². The summed E-state index contributed by atoms with van der Waals surface area (Å²) >= 11 is 0. The van der Waals surface area contributed by atoms with Crippen molar-refractivity contribution in [1.29, 1.82) is 0 Å². The van der Waals surface area contributed by atoms with Gasteiger partial charge < -0.3 is 10.1 Å². The number of amides is 1. The average molecular weight is 447 g/mol. The minimum Gasteiger partial charge on any atom is -0.468 e. The molecule has 3 aromatic carbocycles. The van der Waals surface area contributed by atoms with Gasteiger partial charge in [-0.25, -0.2) is 4.39 Å². The number of hydrogen-bond acceptors (Lipinski definition) is 4. The van der Waals surface area contributed by atoms with Crippen LogP contribution in [-0.2, 0) is 9.53 Å². The number of hydrogen-bond donors (Lipinski definition) is 1. The van der Waals surface area contributed by atoms with Crippen LogP contribution in [-0.4, -0.2) is 49.1 Å². The second-order valence-corrected chi connectivity index (χ2v) is 8.28. The fourth-order valence-electron chi connectivity index (χ4n) is 4.47. The number of benzene rings is 3. The maximum Gasteiger partial charge on any atom is 0.323 e. The zero-order valence-electron chi connectivity index (χ0n) is 18.5. The van der Waals surface area contributed by atoms with Crippen molar-refractivity contribution in [3.63, 3.8) is 0 Å².